The number of primary amides is 1. The van der Waals surface area contributed by atoms with Crippen LogP contribution in [0.3, 0.4) is 0 Å². The van der Waals surface area contributed by atoms with E-state index >= 15 is 0 Å². The van der Waals surface area contributed by atoms with Crippen LogP contribution in [0.25, 0.3) is 0 Å². The highest BCUT2D eigenvalue weighted by Crippen LogP contribution is 2.09. The normalized spacial score (nSPS) is 22.3. The Morgan fingerprint density at radius 1 is 1.64 bits per heavy atom. The molecule has 0 spiro atoms. The first-order valence-corrected chi connectivity index (χ1v) is 3.78. The number of amides is 2. The van der Waals surface area contributed by atoms with Gasteiger partial charge in [-0.15, -0.1) is 0 Å². The molecule has 0 aliphatic carbocycles. The molecule has 62 valence electrons. The molecular weight excluding hydrogens is 142 g/mol. The van der Waals surface area contributed by atoms with E-state index in [1.807, 2.05) is 11.9 Å². The molecule has 0 aromatic heterocycles. The van der Waals surface area contributed by atoms with Gasteiger partial charge in [0.1, 0.15) is 5.84 Å². The largest absolute Gasteiger partial charge is 0.363 e. The molecular formula is C7H13N3O. The second kappa shape index (κ2) is 3.37. The van der Waals surface area contributed by atoms with Gasteiger partial charge >= 0.3 is 6.03 Å². The van der Waals surface area contributed by atoms with Gasteiger partial charge in [0.2, 0.25) is 0 Å². The van der Waals surface area contributed by atoms with Gasteiger partial charge in [-0.05, 0) is 12.8 Å². The number of aliphatic imine (C=N–C) groups is 1. The Bertz CT molecular complexity index is 188. The number of nitrogens with zero attached hydrogens (tertiary/aromatic N) is 2. The second-order valence-electron chi connectivity index (χ2n) is 2.74. The zero-order valence-corrected chi connectivity index (χ0v) is 6.71. The van der Waals surface area contributed by atoms with E-state index in [0.29, 0.717) is 0 Å². The molecule has 1 fully saturated rings. The molecule has 1 aliphatic rings. The standard InChI is InChI=1S/C7H13N3O/c1-10-5-3-2-4-6(10)9-7(8)11/h2-5H2,1H3,(H2,8,11)/b9-6-. The number of urea groups is 1. The van der Waals surface area contributed by atoms with Crippen molar-refractivity contribution < 1.29 is 4.79 Å². The third-order valence-electron chi connectivity index (χ3n) is 1.82. The molecule has 0 radical (unpaired) electrons. The Morgan fingerprint density at radius 2 is 2.36 bits per heavy atom. The van der Waals surface area contributed by atoms with Gasteiger partial charge in [-0.25, -0.2) is 4.79 Å². The number of rotatable bonds is 0. The minimum atomic E-state index is -0.589. The lowest BCUT2D eigenvalue weighted by Crippen LogP contribution is -2.32. The summed E-state index contributed by atoms with van der Waals surface area (Å²) in [4.78, 5) is 16.1. The Labute approximate surface area is 66.1 Å². The number of amidine groups is 1. The fraction of sp³-hybridized carbons (Fsp3) is 0.714. The number of piperidine rings is 1. The van der Waals surface area contributed by atoms with Crippen molar-refractivity contribution in [3.8, 4) is 0 Å². The smallest absolute Gasteiger partial charge is 0.339 e. The fourth-order valence-electron chi connectivity index (χ4n) is 1.22. The Hall–Kier alpha value is -1.06. The van der Waals surface area contributed by atoms with E-state index in [2.05, 4.69) is 4.99 Å². The summed E-state index contributed by atoms with van der Waals surface area (Å²) in [6, 6.07) is -0.589. The maximum absolute atomic E-state index is 10.4. The minimum absolute atomic E-state index is 0.589. The van der Waals surface area contributed by atoms with Crippen LogP contribution in [0.1, 0.15) is 19.3 Å². The first-order valence-electron chi connectivity index (χ1n) is 3.78. The van der Waals surface area contributed by atoms with Gasteiger partial charge in [0.15, 0.2) is 0 Å². The summed E-state index contributed by atoms with van der Waals surface area (Å²) in [6.07, 6.45) is 3.16. The monoisotopic (exact) mass is 155 g/mol. The van der Waals surface area contributed by atoms with Crippen molar-refractivity contribution in [1.82, 2.24) is 4.90 Å². The van der Waals surface area contributed by atoms with Gasteiger partial charge in [0.25, 0.3) is 0 Å². The maximum atomic E-state index is 10.4. The Balaban J connectivity index is 2.60. The van der Waals surface area contributed by atoms with Crippen molar-refractivity contribution in [3.05, 3.63) is 0 Å². The van der Waals surface area contributed by atoms with Crippen LogP contribution in [-0.4, -0.2) is 30.4 Å². The van der Waals surface area contributed by atoms with Crippen LogP contribution in [0.2, 0.25) is 0 Å². The van der Waals surface area contributed by atoms with E-state index < -0.39 is 6.03 Å². The molecule has 0 aromatic rings. The lowest BCUT2D eigenvalue weighted by molar-refractivity contribution is 0.256. The highest BCUT2D eigenvalue weighted by molar-refractivity contribution is 5.93. The first-order chi connectivity index (χ1) is 5.20. The van der Waals surface area contributed by atoms with E-state index in [-0.39, 0.29) is 0 Å². The van der Waals surface area contributed by atoms with E-state index in [1.54, 1.807) is 0 Å². The van der Waals surface area contributed by atoms with E-state index in [1.165, 1.54) is 6.42 Å². The molecule has 1 aliphatic heterocycles. The minimum Gasteiger partial charge on any atom is -0.363 e. The summed E-state index contributed by atoms with van der Waals surface area (Å²) < 4.78 is 0. The first kappa shape index (κ1) is 8.04. The molecule has 0 unspecified atom stereocenters. The Morgan fingerprint density at radius 3 is 2.91 bits per heavy atom. The van der Waals surface area contributed by atoms with Crippen LogP contribution in [-0.2, 0) is 0 Å². The van der Waals surface area contributed by atoms with Gasteiger partial charge in [-0.1, -0.05) is 0 Å². The number of nitrogens with two attached hydrogens (primary N) is 1. The van der Waals surface area contributed by atoms with Crippen LogP contribution >= 0.6 is 0 Å². The van der Waals surface area contributed by atoms with Crippen molar-refractivity contribution in [2.75, 3.05) is 13.6 Å². The summed E-state index contributed by atoms with van der Waals surface area (Å²) >= 11 is 0. The molecule has 11 heavy (non-hydrogen) atoms. The number of hydrogen-bond acceptors (Lipinski definition) is 1. The van der Waals surface area contributed by atoms with E-state index in [9.17, 15) is 4.79 Å². The summed E-state index contributed by atoms with van der Waals surface area (Å²) in [5.41, 5.74) is 4.93. The van der Waals surface area contributed by atoms with Gasteiger partial charge in [0.05, 0.1) is 0 Å². The summed E-state index contributed by atoms with van der Waals surface area (Å²) in [5.74, 6) is 0.823. The molecule has 1 heterocycles. The molecule has 4 nitrogen and oxygen atoms in total. The van der Waals surface area contributed by atoms with Gasteiger partial charge in [0, 0.05) is 20.0 Å². The number of hydrogen-bond donors (Lipinski definition) is 1. The van der Waals surface area contributed by atoms with Crippen LogP contribution in [0.15, 0.2) is 4.99 Å². The molecule has 1 saturated heterocycles. The van der Waals surface area contributed by atoms with E-state index in [4.69, 9.17) is 5.73 Å². The molecule has 0 saturated carbocycles. The van der Waals surface area contributed by atoms with Crippen LogP contribution in [0, 0.1) is 0 Å². The fourth-order valence-corrected chi connectivity index (χ4v) is 1.22. The lowest BCUT2D eigenvalue weighted by atomic mass is 10.1. The summed E-state index contributed by atoms with van der Waals surface area (Å²) in [6.45, 7) is 0.978. The van der Waals surface area contributed by atoms with Crippen LogP contribution < -0.4 is 5.73 Å². The zero-order valence-electron chi connectivity index (χ0n) is 6.71. The van der Waals surface area contributed by atoms with Crippen molar-refractivity contribution in [2.24, 2.45) is 10.7 Å². The van der Waals surface area contributed by atoms with Crippen molar-refractivity contribution in [3.63, 3.8) is 0 Å². The van der Waals surface area contributed by atoms with Crippen LogP contribution in [0.5, 0.6) is 0 Å². The van der Waals surface area contributed by atoms with Crippen molar-refractivity contribution in [1.29, 1.82) is 0 Å². The molecule has 2 amide bonds. The SMILES string of the molecule is CN1CCCC/C1=N/C(N)=O. The molecule has 4 heteroatoms. The second-order valence-corrected chi connectivity index (χ2v) is 2.74. The molecule has 0 aromatic carbocycles. The third kappa shape index (κ3) is 2.22. The lowest BCUT2D eigenvalue weighted by Gasteiger charge is -2.25. The summed E-state index contributed by atoms with van der Waals surface area (Å²) in [7, 11) is 1.93. The van der Waals surface area contributed by atoms with Crippen LogP contribution in [0.4, 0.5) is 4.79 Å². The zero-order chi connectivity index (χ0) is 8.27. The third-order valence-corrected chi connectivity index (χ3v) is 1.82. The van der Waals surface area contributed by atoms with Crippen molar-refractivity contribution >= 4 is 11.9 Å². The highest BCUT2D eigenvalue weighted by Gasteiger charge is 2.12. The van der Waals surface area contributed by atoms with Gasteiger partial charge in [-0.3, -0.25) is 0 Å². The molecule has 0 bridgehead atoms. The molecule has 1 rings (SSSR count). The number of carbonyl (C=O) groups is 1. The number of carbonyl (C=O) groups excluding carboxylic acids is 1. The van der Waals surface area contributed by atoms with Gasteiger partial charge in [-0.2, -0.15) is 4.99 Å². The van der Waals surface area contributed by atoms with Crippen molar-refractivity contribution in [2.45, 2.75) is 19.3 Å². The average molecular weight is 155 g/mol. The maximum Gasteiger partial charge on any atom is 0.339 e. The van der Waals surface area contributed by atoms with E-state index in [0.717, 1.165) is 25.2 Å². The highest BCUT2D eigenvalue weighted by atomic mass is 16.2. The molecule has 2 N–H and O–H groups in total. The Kier molecular flexibility index (Phi) is 2.46. The predicted octanol–water partition coefficient (Wildman–Crippen LogP) is 0.579. The quantitative estimate of drug-likeness (QED) is 0.556. The topological polar surface area (TPSA) is 58.7 Å². The number of likely N-dealkylation sites (tertiary alicyclic amines) is 1. The van der Waals surface area contributed by atoms with Gasteiger partial charge < -0.3 is 10.6 Å². The average Bonchev–Trinajstić information content (AvgIpc) is 1.93. The summed E-state index contributed by atoms with van der Waals surface area (Å²) in [5, 5.41) is 0. The molecule has 0 atom stereocenters. The predicted molar refractivity (Wildman–Crippen MR) is 43.5 cm³/mol.